The molecule has 0 aromatic heterocycles. The second-order valence-electron chi connectivity index (χ2n) is 7.15. The van der Waals surface area contributed by atoms with Crippen molar-refractivity contribution in [2.75, 3.05) is 26.7 Å². The van der Waals surface area contributed by atoms with Crippen LogP contribution < -0.4 is 16.0 Å². The lowest BCUT2D eigenvalue weighted by molar-refractivity contribution is 0.0529. The number of nitrogens with zero attached hydrogens (tertiary/aromatic N) is 1. The second-order valence-corrected chi connectivity index (χ2v) is 7.15. The number of alkyl carbamates (subject to hydrolysis) is 1. The van der Waals surface area contributed by atoms with Crippen molar-refractivity contribution in [2.24, 2.45) is 10.9 Å². The minimum absolute atomic E-state index is 0. The van der Waals surface area contributed by atoms with Gasteiger partial charge in [0, 0.05) is 26.7 Å². The number of rotatable bonds is 6. The Morgan fingerprint density at radius 1 is 1.04 bits per heavy atom. The van der Waals surface area contributed by atoms with Gasteiger partial charge in [0.2, 0.25) is 0 Å². The summed E-state index contributed by atoms with van der Waals surface area (Å²) in [5.74, 6) is 1.65. The summed E-state index contributed by atoms with van der Waals surface area (Å²) in [5, 5.41) is 9.25. The van der Waals surface area contributed by atoms with E-state index in [4.69, 9.17) is 4.74 Å². The van der Waals surface area contributed by atoms with Gasteiger partial charge in [-0.25, -0.2) is 4.79 Å². The molecule has 0 saturated heterocycles. The van der Waals surface area contributed by atoms with Gasteiger partial charge in [0.15, 0.2) is 5.96 Å². The standard InChI is InChI=1S/C17H34N4O2.HI/c1-17(2,3)23-16(22)21-13-12-20-15(18-4)19-11-10-14-8-6-5-7-9-14;/h14H,5-13H2,1-4H3,(H,21,22)(H2,18,19,20);1H. The molecule has 0 radical (unpaired) electrons. The Labute approximate surface area is 164 Å². The summed E-state index contributed by atoms with van der Waals surface area (Å²) in [6.07, 6.45) is 7.72. The van der Waals surface area contributed by atoms with Crippen LogP contribution in [0.15, 0.2) is 4.99 Å². The quantitative estimate of drug-likeness (QED) is 0.249. The van der Waals surface area contributed by atoms with Gasteiger partial charge < -0.3 is 20.7 Å². The lowest BCUT2D eigenvalue weighted by Gasteiger charge is -2.22. The zero-order valence-corrected chi connectivity index (χ0v) is 17.9. The molecule has 3 N–H and O–H groups in total. The Hall–Kier alpha value is -0.730. The van der Waals surface area contributed by atoms with Crippen molar-refractivity contribution >= 4 is 36.0 Å². The lowest BCUT2D eigenvalue weighted by atomic mass is 9.87. The first-order chi connectivity index (χ1) is 10.9. The van der Waals surface area contributed by atoms with Gasteiger partial charge in [0.1, 0.15) is 5.60 Å². The number of hydrogen-bond donors (Lipinski definition) is 3. The number of hydrogen-bond acceptors (Lipinski definition) is 3. The van der Waals surface area contributed by atoms with Crippen LogP contribution in [-0.2, 0) is 4.74 Å². The average molecular weight is 454 g/mol. The first kappa shape index (κ1) is 23.3. The van der Waals surface area contributed by atoms with Crippen LogP contribution in [-0.4, -0.2) is 44.3 Å². The van der Waals surface area contributed by atoms with Crippen LogP contribution in [0.3, 0.4) is 0 Å². The van der Waals surface area contributed by atoms with Crippen LogP contribution in [0, 0.1) is 5.92 Å². The van der Waals surface area contributed by atoms with Gasteiger partial charge in [0.25, 0.3) is 0 Å². The number of guanidine groups is 1. The van der Waals surface area contributed by atoms with Crippen molar-refractivity contribution in [2.45, 2.75) is 64.9 Å². The predicted octanol–water partition coefficient (Wildman–Crippen LogP) is 3.26. The normalized spacial score (nSPS) is 16.1. The molecule has 142 valence electrons. The summed E-state index contributed by atoms with van der Waals surface area (Å²) in [5.41, 5.74) is -0.464. The van der Waals surface area contributed by atoms with E-state index in [0.717, 1.165) is 18.4 Å². The molecule has 24 heavy (non-hydrogen) atoms. The van der Waals surface area contributed by atoms with Crippen molar-refractivity contribution < 1.29 is 9.53 Å². The van der Waals surface area contributed by atoms with E-state index in [1.807, 2.05) is 20.8 Å². The van der Waals surface area contributed by atoms with Gasteiger partial charge in [-0.2, -0.15) is 0 Å². The Morgan fingerprint density at radius 3 is 2.21 bits per heavy atom. The lowest BCUT2D eigenvalue weighted by Crippen LogP contribution is -2.42. The average Bonchev–Trinajstić information content (AvgIpc) is 2.49. The van der Waals surface area contributed by atoms with Gasteiger partial charge in [-0.1, -0.05) is 32.1 Å². The molecule has 1 saturated carbocycles. The van der Waals surface area contributed by atoms with Gasteiger partial charge in [-0.05, 0) is 33.1 Å². The van der Waals surface area contributed by atoms with Crippen molar-refractivity contribution in [1.29, 1.82) is 0 Å². The third-order valence-electron chi connectivity index (χ3n) is 3.88. The topological polar surface area (TPSA) is 74.8 Å². The molecule has 0 spiro atoms. The molecular weight excluding hydrogens is 419 g/mol. The molecule has 1 rings (SSSR count). The van der Waals surface area contributed by atoms with E-state index in [9.17, 15) is 4.79 Å². The van der Waals surface area contributed by atoms with Gasteiger partial charge in [-0.15, -0.1) is 24.0 Å². The predicted molar refractivity (Wildman–Crippen MR) is 110 cm³/mol. The summed E-state index contributed by atoms with van der Waals surface area (Å²) in [6.45, 7) is 7.61. The number of carbonyl (C=O) groups excluding carboxylic acids is 1. The van der Waals surface area contributed by atoms with Crippen molar-refractivity contribution in [3.05, 3.63) is 0 Å². The maximum Gasteiger partial charge on any atom is 0.407 e. The number of aliphatic imine (C=N–C) groups is 1. The molecule has 7 heteroatoms. The number of nitrogens with one attached hydrogen (secondary N) is 3. The Morgan fingerprint density at radius 2 is 1.62 bits per heavy atom. The zero-order chi connectivity index (χ0) is 17.1. The van der Waals surface area contributed by atoms with Crippen LogP contribution in [0.1, 0.15) is 59.3 Å². The van der Waals surface area contributed by atoms with Gasteiger partial charge in [-0.3, -0.25) is 4.99 Å². The fourth-order valence-electron chi connectivity index (χ4n) is 2.75. The molecule has 1 aliphatic carbocycles. The minimum Gasteiger partial charge on any atom is -0.444 e. The third kappa shape index (κ3) is 11.8. The molecule has 0 aliphatic heterocycles. The summed E-state index contributed by atoms with van der Waals surface area (Å²) in [4.78, 5) is 15.7. The van der Waals surface area contributed by atoms with Gasteiger partial charge in [0.05, 0.1) is 0 Å². The molecule has 1 amide bonds. The molecule has 6 nitrogen and oxygen atoms in total. The van der Waals surface area contributed by atoms with E-state index in [-0.39, 0.29) is 30.1 Å². The molecule has 1 fully saturated rings. The summed E-state index contributed by atoms with van der Waals surface area (Å²) >= 11 is 0. The van der Waals surface area contributed by atoms with E-state index in [1.165, 1.54) is 38.5 Å². The van der Waals surface area contributed by atoms with Crippen molar-refractivity contribution in [1.82, 2.24) is 16.0 Å². The summed E-state index contributed by atoms with van der Waals surface area (Å²) in [6, 6.07) is 0. The largest absolute Gasteiger partial charge is 0.444 e. The van der Waals surface area contributed by atoms with E-state index in [0.29, 0.717) is 13.1 Å². The van der Waals surface area contributed by atoms with Crippen molar-refractivity contribution in [3.63, 3.8) is 0 Å². The maximum absolute atomic E-state index is 11.5. The Balaban J connectivity index is 0.00000529. The van der Waals surface area contributed by atoms with E-state index >= 15 is 0 Å². The highest BCUT2D eigenvalue weighted by Gasteiger charge is 2.15. The molecular formula is C17H35IN4O2. The van der Waals surface area contributed by atoms with E-state index in [1.54, 1.807) is 7.05 Å². The minimum atomic E-state index is -0.464. The fraction of sp³-hybridized carbons (Fsp3) is 0.882. The fourth-order valence-corrected chi connectivity index (χ4v) is 2.75. The molecule has 0 aromatic rings. The number of carbonyl (C=O) groups is 1. The highest BCUT2D eigenvalue weighted by Crippen LogP contribution is 2.25. The van der Waals surface area contributed by atoms with Crippen LogP contribution in [0.25, 0.3) is 0 Å². The third-order valence-corrected chi connectivity index (χ3v) is 3.88. The highest BCUT2D eigenvalue weighted by atomic mass is 127. The Bertz CT molecular complexity index is 377. The van der Waals surface area contributed by atoms with Crippen LogP contribution in [0.2, 0.25) is 0 Å². The molecule has 0 heterocycles. The first-order valence-electron chi connectivity index (χ1n) is 8.82. The second kappa shape index (κ2) is 12.6. The number of amides is 1. The Kier molecular flexibility index (Phi) is 12.2. The summed E-state index contributed by atoms with van der Waals surface area (Å²) in [7, 11) is 1.76. The van der Waals surface area contributed by atoms with E-state index < -0.39 is 5.60 Å². The molecule has 1 aliphatic rings. The maximum atomic E-state index is 11.5. The summed E-state index contributed by atoms with van der Waals surface area (Å²) < 4.78 is 5.18. The van der Waals surface area contributed by atoms with Crippen LogP contribution in [0.4, 0.5) is 4.79 Å². The first-order valence-corrected chi connectivity index (χ1v) is 8.82. The molecule has 0 bridgehead atoms. The molecule has 0 aromatic carbocycles. The van der Waals surface area contributed by atoms with Crippen LogP contribution >= 0.6 is 24.0 Å². The number of halogens is 1. The smallest absolute Gasteiger partial charge is 0.407 e. The van der Waals surface area contributed by atoms with Crippen molar-refractivity contribution in [3.8, 4) is 0 Å². The zero-order valence-electron chi connectivity index (χ0n) is 15.6. The van der Waals surface area contributed by atoms with E-state index in [2.05, 4.69) is 20.9 Å². The monoisotopic (exact) mass is 454 g/mol. The highest BCUT2D eigenvalue weighted by molar-refractivity contribution is 14.0. The van der Waals surface area contributed by atoms with Gasteiger partial charge >= 0.3 is 6.09 Å². The molecule has 0 unspecified atom stereocenters. The molecule has 0 atom stereocenters. The van der Waals surface area contributed by atoms with Crippen LogP contribution in [0.5, 0.6) is 0 Å². The SMILES string of the molecule is CN=C(NCCNC(=O)OC(C)(C)C)NCCC1CCCCC1.I. The number of ether oxygens (including phenoxy) is 1.